The van der Waals surface area contributed by atoms with Crippen molar-refractivity contribution in [1.29, 1.82) is 0 Å². The molecule has 0 radical (unpaired) electrons. The van der Waals surface area contributed by atoms with Gasteiger partial charge in [-0.25, -0.2) is 4.39 Å². The Morgan fingerprint density at radius 1 is 1.19 bits per heavy atom. The molecule has 2 aromatic rings. The Kier molecular flexibility index (Phi) is 6.20. The van der Waals surface area contributed by atoms with Crippen LogP contribution in [0, 0.1) is 5.82 Å². The molecule has 1 unspecified atom stereocenters. The number of carbonyl (C=O) groups excluding carboxylic acids is 2. The minimum atomic E-state index is -0.826. The Hall–Kier alpha value is -2.71. The van der Waals surface area contributed by atoms with Gasteiger partial charge in [0, 0.05) is 44.3 Å². The predicted molar refractivity (Wildman–Crippen MR) is 98.6 cm³/mol. The number of aryl methyl sites for hydroxylation is 1. The van der Waals surface area contributed by atoms with Crippen LogP contribution in [0.1, 0.15) is 11.7 Å². The van der Waals surface area contributed by atoms with E-state index < -0.39 is 17.6 Å². The molecule has 0 bridgehead atoms. The summed E-state index contributed by atoms with van der Waals surface area (Å²) in [6, 6.07) is 9.29. The number of rotatable bonds is 5. The largest absolute Gasteiger partial charge is 0.379 e. The zero-order valence-corrected chi connectivity index (χ0v) is 15.2. The number of morpholine rings is 1. The second kappa shape index (κ2) is 8.79. The van der Waals surface area contributed by atoms with E-state index in [0.717, 1.165) is 24.8 Å². The summed E-state index contributed by atoms with van der Waals surface area (Å²) in [6.45, 7) is 3.06. The highest BCUT2D eigenvalue weighted by Gasteiger charge is 2.26. The lowest BCUT2D eigenvalue weighted by atomic mass is 10.1. The number of nitrogens with zero attached hydrogens (tertiary/aromatic N) is 2. The van der Waals surface area contributed by atoms with Crippen LogP contribution in [-0.2, 0) is 21.4 Å². The van der Waals surface area contributed by atoms with E-state index in [0.29, 0.717) is 13.2 Å². The van der Waals surface area contributed by atoms with Crippen molar-refractivity contribution in [2.75, 3.05) is 38.2 Å². The molecule has 0 spiro atoms. The SMILES string of the molecule is Cn1cccc1C(CNC(=O)C(=O)Nc1cccc(F)c1)N1CCOCC1. The molecule has 0 aliphatic carbocycles. The minimum absolute atomic E-state index is 0.0696. The van der Waals surface area contributed by atoms with Crippen LogP contribution in [0.5, 0.6) is 0 Å². The number of hydrogen-bond acceptors (Lipinski definition) is 4. The summed E-state index contributed by atoms with van der Waals surface area (Å²) in [5.74, 6) is -2.07. The molecular weight excluding hydrogens is 351 g/mol. The Morgan fingerprint density at radius 2 is 1.96 bits per heavy atom. The van der Waals surface area contributed by atoms with Crippen molar-refractivity contribution in [3.63, 3.8) is 0 Å². The minimum Gasteiger partial charge on any atom is -0.379 e. The topological polar surface area (TPSA) is 75.6 Å². The van der Waals surface area contributed by atoms with E-state index in [9.17, 15) is 14.0 Å². The molecule has 1 aliphatic heterocycles. The van der Waals surface area contributed by atoms with Gasteiger partial charge in [-0.1, -0.05) is 6.07 Å². The molecule has 1 aliphatic rings. The normalized spacial score (nSPS) is 15.9. The number of anilines is 1. The van der Waals surface area contributed by atoms with Gasteiger partial charge < -0.3 is 19.9 Å². The first-order valence-corrected chi connectivity index (χ1v) is 8.82. The molecule has 2 N–H and O–H groups in total. The third-order valence-corrected chi connectivity index (χ3v) is 4.56. The van der Waals surface area contributed by atoms with Crippen LogP contribution >= 0.6 is 0 Å². The van der Waals surface area contributed by atoms with Crippen molar-refractivity contribution in [3.8, 4) is 0 Å². The highest BCUT2D eigenvalue weighted by Crippen LogP contribution is 2.21. The van der Waals surface area contributed by atoms with Gasteiger partial charge >= 0.3 is 11.8 Å². The van der Waals surface area contributed by atoms with Gasteiger partial charge in [-0.3, -0.25) is 14.5 Å². The number of aromatic nitrogens is 1. The van der Waals surface area contributed by atoms with Gasteiger partial charge in [0.05, 0.1) is 19.3 Å². The number of hydrogen-bond donors (Lipinski definition) is 2. The molecule has 1 saturated heterocycles. The van der Waals surface area contributed by atoms with E-state index in [2.05, 4.69) is 15.5 Å². The Labute approximate surface area is 157 Å². The van der Waals surface area contributed by atoms with Gasteiger partial charge in [-0.15, -0.1) is 0 Å². The molecule has 27 heavy (non-hydrogen) atoms. The summed E-state index contributed by atoms with van der Waals surface area (Å²) < 4.78 is 20.6. The second-order valence-corrected chi connectivity index (χ2v) is 6.38. The van der Waals surface area contributed by atoms with Crippen molar-refractivity contribution >= 4 is 17.5 Å². The molecule has 8 heteroatoms. The molecule has 1 atom stereocenters. The third kappa shape index (κ3) is 4.93. The first-order valence-electron chi connectivity index (χ1n) is 8.82. The number of halogens is 1. The van der Waals surface area contributed by atoms with Crippen molar-refractivity contribution in [2.24, 2.45) is 7.05 Å². The van der Waals surface area contributed by atoms with Crippen LogP contribution in [0.3, 0.4) is 0 Å². The third-order valence-electron chi connectivity index (χ3n) is 4.56. The maximum atomic E-state index is 13.2. The number of amides is 2. The molecule has 2 heterocycles. The van der Waals surface area contributed by atoms with E-state index in [1.165, 1.54) is 18.2 Å². The summed E-state index contributed by atoms with van der Waals surface area (Å²) in [7, 11) is 1.95. The van der Waals surface area contributed by atoms with Crippen molar-refractivity contribution in [3.05, 3.63) is 54.1 Å². The Morgan fingerprint density at radius 3 is 2.63 bits per heavy atom. The molecule has 144 valence electrons. The van der Waals surface area contributed by atoms with Crippen molar-refractivity contribution in [1.82, 2.24) is 14.8 Å². The fraction of sp³-hybridized carbons (Fsp3) is 0.368. The zero-order valence-electron chi connectivity index (χ0n) is 15.2. The average molecular weight is 374 g/mol. The maximum Gasteiger partial charge on any atom is 0.313 e. The van der Waals surface area contributed by atoms with Crippen LogP contribution < -0.4 is 10.6 Å². The fourth-order valence-electron chi connectivity index (χ4n) is 3.15. The maximum absolute atomic E-state index is 13.2. The van der Waals surface area contributed by atoms with Crippen molar-refractivity contribution in [2.45, 2.75) is 6.04 Å². The van der Waals surface area contributed by atoms with Gasteiger partial charge in [0.25, 0.3) is 0 Å². The van der Waals surface area contributed by atoms with Crippen LogP contribution in [0.4, 0.5) is 10.1 Å². The van der Waals surface area contributed by atoms with Gasteiger partial charge in [0.2, 0.25) is 0 Å². The van der Waals surface area contributed by atoms with Gasteiger partial charge in [0.1, 0.15) is 5.82 Å². The van der Waals surface area contributed by atoms with E-state index in [-0.39, 0.29) is 18.3 Å². The molecule has 2 amide bonds. The highest BCUT2D eigenvalue weighted by atomic mass is 19.1. The summed E-state index contributed by atoms with van der Waals surface area (Å²) in [6.07, 6.45) is 1.95. The smallest absolute Gasteiger partial charge is 0.313 e. The molecule has 1 aromatic heterocycles. The lowest BCUT2D eigenvalue weighted by Crippen LogP contribution is -2.46. The average Bonchev–Trinajstić information content (AvgIpc) is 3.08. The standard InChI is InChI=1S/C19H23FN4O3/c1-23-7-3-6-16(23)17(24-8-10-27-11-9-24)13-21-18(25)19(26)22-15-5-2-4-14(20)12-15/h2-7,12,17H,8-11,13H2,1H3,(H,21,25)(H,22,26). The molecule has 1 aromatic carbocycles. The second-order valence-electron chi connectivity index (χ2n) is 6.38. The number of benzene rings is 1. The quantitative estimate of drug-likeness (QED) is 0.774. The van der Waals surface area contributed by atoms with Gasteiger partial charge in [-0.2, -0.15) is 0 Å². The fourth-order valence-corrected chi connectivity index (χ4v) is 3.15. The van der Waals surface area contributed by atoms with Crippen LogP contribution in [-0.4, -0.2) is 54.1 Å². The summed E-state index contributed by atoms with van der Waals surface area (Å²) in [5.41, 5.74) is 1.28. The molecule has 7 nitrogen and oxygen atoms in total. The first kappa shape index (κ1) is 19.1. The van der Waals surface area contributed by atoms with Crippen LogP contribution in [0.2, 0.25) is 0 Å². The molecule has 1 fully saturated rings. The summed E-state index contributed by atoms with van der Waals surface area (Å²) >= 11 is 0. The first-order chi connectivity index (χ1) is 13.0. The van der Waals surface area contributed by atoms with E-state index in [4.69, 9.17) is 4.74 Å². The monoisotopic (exact) mass is 374 g/mol. The van der Waals surface area contributed by atoms with Gasteiger partial charge in [-0.05, 0) is 30.3 Å². The lowest BCUT2D eigenvalue weighted by Gasteiger charge is -2.34. The Balaban J connectivity index is 1.63. The summed E-state index contributed by atoms with van der Waals surface area (Å²) in [5, 5.41) is 5.09. The Bertz CT molecular complexity index is 802. The predicted octanol–water partition coefficient (Wildman–Crippen LogP) is 1.29. The molecular formula is C19H23FN4O3. The van der Waals surface area contributed by atoms with E-state index in [1.54, 1.807) is 0 Å². The van der Waals surface area contributed by atoms with Crippen LogP contribution in [0.25, 0.3) is 0 Å². The number of ether oxygens (including phenoxy) is 1. The van der Waals surface area contributed by atoms with Gasteiger partial charge in [0.15, 0.2) is 0 Å². The number of carbonyl (C=O) groups is 2. The zero-order chi connectivity index (χ0) is 19.2. The van der Waals surface area contributed by atoms with E-state index in [1.807, 2.05) is 29.9 Å². The van der Waals surface area contributed by atoms with Crippen LogP contribution in [0.15, 0.2) is 42.6 Å². The van der Waals surface area contributed by atoms with Crippen molar-refractivity contribution < 1.29 is 18.7 Å². The summed E-state index contributed by atoms with van der Waals surface area (Å²) in [4.78, 5) is 26.5. The number of nitrogens with one attached hydrogen (secondary N) is 2. The molecule has 0 saturated carbocycles. The highest BCUT2D eigenvalue weighted by molar-refractivity contribution is 6.39. The van der Waals surface area contributed by atoms with E-state index >= 15 is 0 Å². The molecule has 3 rings (SSSR count). The lowest BCUT2D eigenvalue weighted by molar-refractivity contribution is -0.136.